The highest BCUT2D eigenvalue weighted by molar-refractivity contribution is 8.13. The second-order valence-electron chi connectivity index (χ2n) is 5.08. The van der Waals surface area contributed by atoms with Crippen molar-refractivity contribution >= 4 is 41.4 Å². The summed E-state index contributed by atoms with van der Waals surface area (Å²) in [5.74, 6) is 0.878. The Morgan fingerprint density at radius 1 is 0.905 bits per heavy atom. The van der Waals surface area contributed by atoms with E-state index < -0.39 is 7.60 Å². The fourth-order valence-corrected chi connectivity index (χ4v) is 3.63. The predicted molar refractivity (Wildman–Crippen MR) is 90.0 cm³/mol. The molecule has 0 atom stereocenters. The van der Waals surface area contributed by atoms with Crippen LogP contribution in [-0.2, 0) is 23.2 Å². The summed E-state index contributed by atoms with van der Waals surface area (Å²) < 4.78 is 22.3. The molecule has 0 aromatic heterocycles. The summed E-state index contributed by atoms with van der Waals surface area (Å²) >= 11 is 2.34. The summed E-state index contributed by atoms with van der Waals surface area (Å²) in [6, 6.07) is 0. The molecule has 0 aromatic carbocycles. The minimum absolute atomic E-state index is 0.0183. The van der Waals surface area contributed by atoms with Crippen LogP contribution in [0.2, 0.25) is 0 Å². The molecule has 0 spiro atoms. The van der Waals surface area contributed by atoms with E-state index in [1.54, 1.807) is 0 Å². The first-order valence-electron chi connectivity index (χ1n) is 6.85. The van der Waals surface area contributed by atoms with Gasteiger partial charge in [-0.1, -0.05) is 51.2 Å². The van der Waals surface area contributed by atoms with Gasteiger partial charge in [-0.05, 0) is 0 Å². The van der Waals surface area contributed by atoms with Crippen LogP contribution in [0.1, 0.15) is 27.7 Å². The molecule has 0 aliphatic heterocycles. The van der Waals surface area contributed by atoms with E-state index in [-0.39, 0.29) is 35.3 Å². The van der Waals surface area contributed by atoms with Gasteiger partial charge in [0.1, 0.15) is 0 Å². The average Bonchev–Trinajstić information content (AvgIpc) is 2.38. The Bertz CT molecular complexity index is 353. The van der Waals surface area contributed by atoms with Crippen LogP contribution < -0.4 is 0 Å². The van der Waals surface area contributed by atoms with E-state index in [4.69, 9.17) is 9.05 Å². The quantitative estimate of drug-likeness (QED) is 0.437. The zero-order valence-electron chi connectivity index (χ0n) is 13.3. The maximum Gasteiger partial charge on any atom is 0.327 e. The summed E-state index contributed by atoms with van der Waals surface area (Å²) in [6.07, 6.45) is 0. The van der Waals surface area contributed by atoms with Crippen molar-refractivity contribution in [2.24, 2.45) is 11.8 Å². The minimum atomic E-state index is -3.11. The minimum Gasteiger partial charge on any atom is -0.308 e. The van der Waals surface area contributed by atoms with Gasteiger partial charge in [0.2, 0.25) is 0 Å². The molecular formula is C13H25O5PS2. The molecule has 0 rings (SSSR count). The molecule has 0 N–H and O–H groups in total. The number of carbonyl (C=O) groups excluding carboxylic acids is 2. The van der Waals surface area contributed by atoms with Crippen molar-refractivity contribution in [3.05, 3.63) is 0 Å². The Balaban J connectivity index is 3.77. The van der Waals surface area contributed by atoms with E-state index in [1.165, 1.54) is 30.2 Å². The first-order valence-corrected chi connectivity index (χ1v) is 10.8. The lowest BCUT2D eigenvalue weighted by Gasteiger charge is -2.14. The van der Waals surface area contributed by atoms with Gasteiger partial charge < -0.3 is 9.05 Å². The summed E-state index contributed by atoms with van der Waals surface area (Å²) in [7, 11) is -3.11. The van der Waals surface area contributed by atoms with E-state index in [1.807, 2.05) is 27.7 Å². The molecule has 0 saturated heterocycles. The molecule has 8 heteroatoms. The third-order valence-electron chi connectivity index (χ3n) is 2.25. The molecule has 5 nitrogen and oxygen atoms in total. The topological polar surface area (TPSA) is 69.7 Å². The van der Waals surface area contributed by atoms with Gasteiger partial charge in [0.05, 0.1) is 13.2 Å². The molecule has 0 aromatic rings. The fraction of sp³-hybridized carbons (Fsp3) is 0.846. The lowest BCUT2D eigenvalue weighted by Crippen LogP contribution is -2.07. The van der Waals surface area contributed by atoms with Crippen LogP contribution in [-0.4, -0.2) is 41.6 Å². The monoisotopic (exact) mass is 356 g/mol. The van der Waals surface area contributed by atoms with Gasteiger partial charge in [0.25, 0.3) is 0 Å². The summed E-state index contributed by atoms with van der Waals surface area (Å²) in [6.45, 7) is 9.14. The Hall–Kier alpha value is 0.190. The maximum atomic E-state index is 11.9. The Labute approximate surface area is 135 Å². The van der Waals surface area contributed by atoms with Gasteiger partial charge >= 0.3 is 7.60 Å². The van der Waals surface area contributed by atoms with Crippen LogP contribution in [0.5, 0.6) is 0 Å². The second-order valence-corrected chi connectivity index (χ2v) is 9.34. The van der Waals surface area contributed by atoms with Gasteiger partial charge in [-0.25, -0.2) is 0 Å². The van der Waals surface area contributed by atoms with Crippen molar-refractivity contribution < 1.29 is 23.2 Å². The van der Waals surface area contributed by atoms with E-state index in [0.717, 1.165) is 0 Å². The number of thioether (sulfide) groups is 2. The van der Waals surface area contributed by atoms with Crippen LogP contribution in [0.15, 0.2) is 0 Å². The second kappa shape index (κ2) is 10.8. The van der Waals surface area contributed by atoms with Gasteiger partial charge in [-0.2, -0.15) is 0 Å². The summed E-state index contributed by atoms with van der Waals surface area (Å²) in [4.78, 5) is 22.7. The van der Waals surface area contributed by atoms with E-state index in [0.29, 0.717) is 11.5 Å². The zero-order chi connectivity index (χ0) is 16.5. The normalized spacial score (nSPS) is 12.1. The summed E-state index contributed by atoms with van der Waals surface area (Å²) in [5, 5.41) is 0.183. The SMILES string of the molecule is CC(C)C(=O)SCCOP(C)(=O)OCCSC(=O)C(C)C. The van der Waals surface area contributed by atoms with Gasteiger partial charge in [0.15, 0.2) is 10.2 Å². The zero-order valence-corrected chi connectivity index (χ0v) is 15.8. The predicted octanol–water partition coefficient (Wildman–Crippen LogP) is 3.67. The van der Waals surface area contributed by atoms with Crippen molar-refractivity contribution in [2.45, 2.75) is 27.7 Å². The lowest BCUT2D eigenvalue weighted by atomic mass is 10.3. The molecular weight excluding hydrogens is 331 g/mol. The van der Waals surface area contributed by atoms with E-state index in [2.05, 4.69) is 0 Å². The summed E-state index contributed by atoms with van der Waals surface area (Å²) in [5.41, 5.74) is 0. The molecule has 0 bridgehead atoms. The standard InChI is InChI=1S/C13H25O5PS2/c1-10(2)12(14)20-8-6-17-19(5,16)18-7-9-21-13(15)11(3)4/h10-11H,6-9H2,1-5H3. The number of hydrogen-bond acceptors (Lipinski definition) is 7. The van der Waals surface area contributed by atoms with E-state index >= 15 is 0 Å². The molecule has 0 aliphatic rings. The Kier molecular flexibility index (Phi) is 10.9. The maximum absolute atomic E-state index is 11.9. The van der Waals surface area contributed by atoms with Crippen molar-refractivity contribution in [3.8, 4) is 0 Å². The molecule has 0 saturated carbocycles. The molecule has 124 valence electrons. The molecule has 0 amide bonds. The van der Waals surface area contributed by atoms with E-state index in [9.17, 15) is 14.2 Å². The molecule has 0 heterocycles. The Morgan fingerprint density at radius 2 is 1.24 bits per heavy atom. The highest BCUT2D eigenvalue weighted by Gasteiger charge is 2.18. The van der Waals surface area contributed by atoms with Crippen molar-refractivity contribution in [1.29, 1.82) is 0 Å². The molecule has 0 radical (unpaired) electrons. The lowest BCUT2D eigenvalue weighted by molar-refractivity contribution is -0.114. The number of hydrogen-bond donors (Lipinski definition) is 0. The van der Waals surface area contributed by atoms with Crippen LogP contribution in [0.4, 0.5) is 0 Å². The Morgan fingerprint density at radius 3 is 1.52 bits per heavy atom. The van der Waals surface area contributed by atoms with Gasteiger partial charge in [-0.3, -0.25) is 14.2 Å². The van der Waals surface area contributed by atoms with Gasteiger partial charge in [-0.15, -0.1) is 0 Å². The third-order valence-corrected chi connectivity index (χ3v) is 5.81. The number of carbonyl (C=O) groups is 2. The van der Waals surface area contributed by atoms with Crippen molar-refractivity contribution in [2.75, 3.05) is 31.4 Å². The molecule has 0 aliphatic carbocycles. The van der Waals surface area contributed by atoms with Crippen LogP contribution in [0.3, 0.4) is 0 Å². The molecule has 0 unspecified atom stereocenters. The van der Waals surface area contributed by atoms with Crippen LogP contribution in [0, 0.1) is 11.8 Å². The van der Waals surface area contributed by atoms with Crippen LogP contribution in [0.25, 0.3) is 0 Å². The van der Waals surface area contributed by atoms with Crippen molar-refractivity contribution in [3.63, 3.8) is 0 Å². The van der Waals surface area contributed by atoms with Gasteiger partial charge in [0, 0.05) is 30.0 Å². The average molecular weight is 356 g/mol. The smallest absolute Gasteiger partial charge is 0.308 e. The largest absolute Gasteiger partial charge is 0.327 e. The third kappa shape index (κ3) is 11.4. The molecule has 21 heavy (non-hydrogen) atoms. The number of rotatable bonds is 10. The van der Waals surface area contributed by atoms with Crippen molar-refractivity contribution in [1.82, 2.24) is 0 Å². The van der Waals surface area contributed by atoms with Crippen LogP contribution >= 0.6 is 31.1 Å². The highest BCUT2D eigenvalue weighted by Crippen LogP contribution is 2.43. The fourth-order valence-electron chi connectivity index (χ4n) is 1.06. The first-order chi connectivity index (χ1) is 9.65. The molecule has 0 fully saturated rings. The highest BCUT2D eigenvalue weighted by atomic mass is 32.2. The first kappa shape index (κ1) is 21.2.